The fourth-order valence-corrected chi connectivity index (χ4v) is 3.63. The first-order valence-electron chi connectivity index (χ1n) is 6.19. The first kappa shape index (κ1) is 13.2. The van der Waals surface area contributed by atoms with Crippen LogP contribution in [0.15, 0.2) is 22.9 Å². The molecule has 0 amide bonds. The molecule has 0 spiro atoms. The number of nitrogens with one attached hydrogen (secondary N) is 1. The van der Waals surface area contributed by atoms with Gasteiger partial charge >= 0.3 is 0 Å². The molecule has 0 bridgehead atoms. The van der Waals surface area contributed by atoms with Crippen molar-refractivity contribution in [1.29, 1.82) is 0 Å². The van der Waals surface area contributed by atoms with Crippen LogP contribution in [0.3, 0.4) is 0 Å². The Kier molecular flexibility index (Phi) is 3.95. The lowest BCUT2D eigenvalue weighted by Crippen LogP contribution is -2.52. The summed E-state index contributed by atoms with van der Waals surface area (Å²) in [4.78, 5) is 5.83. The number of nitrogens with zero attached hydrogens (tertiary/aromatic N) is 1. The highest BCUT2D eigenvalue weighted by Crippen LogP contribution is 2.28. The van der Waals surface area contributed by atoms with Crippen LogP contribution < -0.4 is 5.32 Å². The van der Waals surface area contributed by atoms with E-state index in [4.69, 9.17) is 4.74 Å². The molecule has 0 atom stereocenters. The molecule has 2 N–H and O–H groups in total. The molecule has 1 saturated heterocycles. The molecule has 2 aromatic rings. The maximum absolute atomic E-state index is 9.33. The average Bonchev–Trinajstić information content (AvgIpc) is 3.02. The van der Waals surface area contributed by atoms with Crippen LogP contribution in [0.1, 0.15) is 5.69 Å². The van der Waals surface area contributed by atoms with Crippen LogP contribution in [0.4, 0.5) is 0 Å². The van der Waals surface area contributed by atoms with Gasteiger partial charge in [-0.2, -0.15) is 0 Å². The molecule has 3 rings (SSSR count). The second-order valence-electron chi connectivity index (χ2n) is 4.88. The molecular formula is C13H16N2O2S2. The number of aromatic nitrogens is 1. The topological polar surface area (TPSA) is 54.4 Å². The van der Waals surface area contributed by atoms with Crippen LogP contribution in [0.2, 0.25) is 0 Å². The number of thiophene rings is 1. The summed E-state index contributed by atoms with van der Waals surface area (Å²) in [5.41, 5.74) is 0.980. The molecule has 6 heteroatoms. The SMILES string of the molecule is OCC1(CNCc2csc(-c3cccs3)n2)COC1. The standard InChI is InChI=1S/C13H16N2O2S2/c16-7-13(8-17-9-13)6-14-4-10-5-19-12(15-10)11-2-1-3-18-11/h1-3,5,14,16H,4,6-9H2. The lowest BCUT2D eigenvalue weighted by atomic mass is 9.87. The molecule has 1 fully saturated rings. The van der Waals surface area contributed by atoms with Crippen molar-refractivity contribution in [2.45, 2.75) is 6.54 Å². The zero-order valence-corrected chi connectivity index (χ0v) is 12.1. The number of ether oxygens (including phenoxy) is 1. The highest BCUT2D eigenvalue weighted by atomic mass is 32.1. The van der Waals surface area contributed by atoms with Crippen molar-refractivity contribution in [2.24, 2.45) is 5.41 Å². The molecule has 0 radical (unpaired) electrons. The van der Waals surface area contributed by atoms with Gasteiger partial charge in [0.1, 0.15) is 5.01 Å². The summed E-state index contributed by atoms with van der Waals surface area (Å²) in [6.45, 7) is 2.98. The van der Waals surface area contributed by atoms with Gasteiger partial charge in [0.05, 0.1) is 35.8 Å². The maximum Gasteiger partial charge on any atom is 0.133 e. The number of thiazole rings is 1. The van der Waals surface area contributed by atoms with Crippen LogP contribution in [0.5, 0.6) is 0 Å². The molecule has 0 saturated carbocycles. The van der Waals surface area contributed by atoms with Gasteiger partial charge in [-0.15, -0.1) is 22.7 Å². The van der Waals surface area contributed by atoms with Gasteiger partial charge in [-0.1, -0.05) is 6.07 Å². The molecular weight excluding hydrogens is 280 g/mol. The molecule has 0 aromatic carbocycles. The van der Waals surface area contributed by atoms with E-state index in [2.05, 4.69) is 27.1 Å². The molecule has 1 aliphatic rings. The Labute approximate surface area is 120 Å². The molecule has 3 heterocycles. The zero-order valence-electron chi connectivity index (χ0n) is 10.5. The number of hydrogen-bond acceptors (Lipinski definition) is 6. The third kappa shape index (κ3) is 2.88. The minimum atomic E-state index is -0.0768. The Morgan fingerprint density at radius 1 is 1.42 bits per heavy atom. The molecule has 0 aliphatic carbocycles. The minimum absolute atomic E-state index is 0.0768. The Morgan fingerprint density at radius 3 is 2.95 bits per heavy atom. The van der Waals surface area contributed by atoms with Crippen molar-refractivity contribution >= 4 is 22.7 Å². The van der Waals surface area contributed by atoms with E-state index in [0.29, 0.717) is 13.2 Å². The largest absolute Gasteiger partial charge is 0.396 e. The van der Waals surface area contributed by atoms with Crippen LogP contribution >= 0.6 is 22.7 Å². The fraction of sp³-hybridized carbons (Fsp3) is 0.462. The van der Waals surface area contributed by atoms with E-state index in [1.165, 1.54) is 4.88 Å². The summed E-state index contributed by atoms with van der Waals surface area (Å²) in [6, 6.07) is 4.13. The summed E-state index contributed by atoms with van der Waals surface area (Å²) in [5, 5.41) is 17.9. The highest BCUT2D eigenvalue weighted by molar-refractivity contribution is 7.20. The van der Waals surface area contributed by atoms with Crippen LogP contribution in [-0.2, 0) is 11.3 Å². The van der Waals surface area contributed by atoms with Gasteiger partial charge in [-0.25, -0.2) is 4.98 Å². The smallest absolute Gasteiger partial charge is 0.133 e. The van der Waals surface area contributed by atoms with E-state index in [1.54, 1.807) is 22.7 Å². The van der Waals surface area contributed by atoms with Crippen molar-refractivity contribution in [3.05, 3.63) is 28.6 Å². The van der Waals surface area contributed by atoms with Crippen molar-refractivity contribution in [3.63, 3.8) is 0 Å². The van der Waals surface area contributed by atoms with E-state index >= 15 is 0 Å². The number of aliphatic hydroxyl groups excluding tert-OH is 1. The second kappa shape index (κ2) is 5.68. The molecule has 19 heavy (non-hydrogen) atoms. The van der Waals surface area contributed by atoms with Gasteiger partial charge in [-0.05, 0) is 11.4 Å². The van der Waals surface area contributed by atoms with Crippen LogP contribution in [0.25, 0.3) is 9.88 Å². The first-order chi connectivity index (χ1) is 9.31. The Morgan fingerprint density at radius 2 is 2.32 bits per heavy atom. The van der Waals surface area contributed by atoms with Gasteiger partial charge in [-0.3, -0.25) is 0 Å². The zero-order chi connectivity index (χ0) is 13.1. The molecule has 102 valence electrons. The van der Waals surface area contributed by atoms with Crippen LogP contribution in [-0.4, -0.2) is 36.5 Å². The van der Waals surface area contributed by atoms with Gasteiger partial charge in [0.25, 0.3) is 0 Å². The number of rotatable bonds is 6. The lowest BCUT2D eigenvalue weighted by Gasteiger charge is -2.39. The maximum atomic E-state index is 9.33. The molecule has 2 aromatic heterocycles. The van der Waals surface area contributed by atoms with Crippen LogP contribution in [0, 0.1) is 5.41 Å². The minimum Gasteiger partial charge on any atom is -0.396 e. The predicted octanol–water partition coefficient (Wildman–Crippen LogP) is 1.97. The summed E-state index contributed by atoms with van der Waals surface area (Å²) >= 11 is 3.39. The summed E-state index contributed by atoms with van der Waals surface area (Å²) < 4.78 is 5.17. The summed E-state index contributed by atoms with van der Waals surface area (Å²) in [6.07, 6.45) is 0. The molecule has 4 nitrogen and oxygen atoms in total. The third-order valence-electron chi connectivity index (χ3n) is 3.24. The average molecular weight is 296 g/mol. The van der Waals surface area contributed by atoms with E-state index in [1.807, 2.05) is 6.07 Å². The number of aliphatic hydroxyl groups is 1. The van der Waals surface area contributed by atoms with Gasteiger partial charge in [0, 0.05) is 18.5 Å². The van der Waals surface area contributed by atoms with Crippen molar-refractivity contribution in [3.8, 4) is 9.88 Å². The van der Waals surface area contributed by atoms with Crippen molar-refractivity contribution < 1.29 is 9.84 Å². The normalized spacial score (nSPS) is 17.3. The summed E-state index contributed by atoms with van der Waals surface area (Å²) in [7, 11) is 0. The van der Waals surface area contributed by atoms with Gasteiger partial charge in [0.15, 0.2) is 0 Å². The fourth-order valence-electron chi connectivity index (χ4n) is 2.00. The van der Waals surface area contributed by atoms with Crippen molar-refractivity contribution in [1.82, 2.24) is 10.3 Å². The highest BCUT2D eigenvalue weighted by Gasteiger charge is 2.37. The van der Waals surface area contributed by atoms with E-state index < -0.39 is 0 Å². The van der Waals surface area contributed by atoms with Gasteiger partial charge < -0.3 is 15.2 Å². The van der Waals surface area contributed by atoms with Gasteiger partial charge in [0.2, 0.25) is 0 Å². The quantitative estimate of drug-likeness (QED) is 0.856. The Balaban J connectivity index is 1.53. The third-order valence-corrected chi connectivity index (χ3v) is 5.17. The number of hydrogen-bond donors (Lipinski definition) is 2. The van der Waals surface area contributed by atoms with E-state index in [9.17, 15) is 5.11 Å². The molecule has 1 aliphatic heterocycles. The Bertz CT molecular complexity index is 515. The second-order valence-corrected chi connectivity index (χ2v) is 6.68. The van der Waals surface area contributed by atoms with E-state index in [0.717, 1.165) is 23.8 Å². The van der Waals surface area contributed by atoms with E-state index in [-0.39, 0.29) is 12.0 Å². The summed E-state index contributed by atoms with van der Waals surface area (Å²) in [5.74, 6) is 0. The first-order valence-corrected chi connectivity index (χ1v) is 7.95. The predicted molar refractivity (Wildman–Crippen MR) is 77.5 cm³/mol. The van der Waals surface area contributed by atoms with Crippen molar-refractivity contribution in [2.75, 3.05) is 26.4 Å². The molecule has 0 unspecified atom stereocenters. The monoisotopic (exact) mass is 296 g/mol. The Hall–Kier alpha value is -0.790. The lowest BCUT2D eigenvalue weighted by molar-refractivity contribution is -0.134.